The first kappa shape index (κ1) is 16.2. The Labute approximate surface area is 141 Å². The number of benzene rings is 1. The molecule has 0 fully saturated rings. The number of nitrogens with two attached hydrogens (primary N) is 1. The molecule has 108 valence electrons. The zero-order valence-electron chi connectivity index (χ0n) is 11.6. The number of hydrogen-bond donors (Lipinski definition) is 1. The molecule has 0 aliphatic carbocycles. The molecule has 0 saturated heterocycles. The van der Waals surface area contributed by atoms with Crippen LogP contribution in [0.25, 0.3) is 0 Å². The predicted molar refractivity (Wildman–Crippen MR) is 94.2 cm³/mol. The van der Waals surface area contributed by atoms with Gasteiger partial charge in [0.2, 0.25) is 0 Å². The summed E-state index contributed by atoms with van der Waals surface area (Å²) in [7, 11) is 2.12. The van der Waals surface area contributed by atoms with E-state index in [1.165, 1.54) is 20.5 Å². The van der Waals surface area contributed by atoms with E-state index in [0.29, 0.717) is 6.54 Å². The standard InChI is InChI=1S/C15H18Br2N2S/c1-10-3-4-12(13(16)5-10)14(7-18)19(2)8-11-6-15(17)20-9-11/h3-6,9,14H,7-8,18H2,1-2H3. The number of halogens is 2. The molecule has 0 saturated carbocycles. The molecular weight excluding hydrogens is 400 g/mol. The van der Waals surface area contributed by atoms with E-state index in [0.717, 1.165) is 11.0 Å². The van der Waals surface area contributed by atoms with Crippen molar-refractivity contribution < 1.29 is 0 Å². The van der Waals surface area contributed by atoms with Crippen LogP contribution >= 0.6 is 43.2 Å². The normalized spacial score (nSPS) is 12.9. The second kappa shape index (κ2) is 7.18. The molecule has 0 aliphatic heterocycles. The van der Waals surface area contributed by atoms with Crippen molar-refractivity contribution in [1.29, 1.82) is 0 Å². The second-order valence-corrected chi connectivity index (χ2v) is 8.10. The van der Waals surface area contributed by atoms with Gasteiger partial charge in [0.05, 0.1) is 3.79 Å². The highest BCUT2D eigenvalue weighted by molar-refractivity contribution is 9.11. The van der Waals surface area contributed by atoms with Gasteiger partial charge in [-0.25, -0.2) is 0 Å². The molecule has 1 unspecified atom stereocenters. The summed E-state index contributed by atoms with van der Waals surface area (Å²) in [5.41, 5.74) is 9.81. The Hall–Kier alpha value is -0.200. The fourth-order valence-corrected chi connectivity index (χ4v) is 4.23. The Morgan fingerprint density at radius 3 is 2.60 bits per heavy atom. The summed E-state index contributed by atoms with van der Waals surface area (Å²) in [4.78, 5) is 2.30. The Morgan fingerprint density at radius 2 is 2.05 bits per heavy atom. The molecule has 0 radical (unpaired) electrons. The lowest BCUT2D eigenvalue weighted by Gasteiger charge is -2.28. The Morgan fingerprint density at radius 1 is 1.30 bits per heavy atom. The molecule has 1 atom stereocenters. The summed E-state index contributed by atoms with van der Waals surface area (Å²) < 4.78 is 2.30. The van der Waals surface area contributed by atoms with Crippen LogP contribution in [0.2, 0.25) is 0 Å². The first-order valence-electron chi connectivity index (χ1n) is 6.40. The molecule has 1 aromatic heterocycles. The minimum Gasteiger partial charge on any atom is -0.329 e. The molecule has 2 aromatic rings. The van der Waals surface area contributed by atoms with E-state index in [-0.39, 0.29) is 6.04 Å². The molecule has 20 heavy (non-hydrogen) atoms. The predicted octanol–water partition coefficient (Wildman–Crippen LogP) is 4.71. The third kappa shape index (κ3) is 3.92. The van der Waals surface area contributed by atoms with E-state index in [9.17, 15) is 0 Å². The summed E-state index contributed by atoms with van der Waals surface area (Å²) in [6.07, 6.45) is 0. The van der Waals surface area contributed by atoms with Crippen LogP contribution in [0.1, 0.15) is 22.7 Å². The maximum absolute atomic E-state index is 6.00. The Balaban J connectivity index is 2.18. The van der Waals surface area contributed by atoms with E-state index < -0.39 is 0 Å². The van der Waals surface area contributed by atoms with Crippen molar-refractivity contribution in [2.45, 2.75) is 19.5 Å². The summed E-state index contributed by atoms with van der Waals surface area (Å²) >= 11 is 8.88. The van der Waals surface area contributed by atoms with Crippen molar-refractivity contribution in [2.75, 3.05) is 13.6 Å². The van der Waals surface area contributed by atoms with Crippen molar-refractivity contribution in [1.82, 2.24) is 4.90 Å². The Bertz CT molecular complexity index is 583. The number of hydrogen-bond acceptors (Lipinski definition) is 3. The summed E-state index contributed by atoms with van der Waals surface area (Å²) in [6.45, 7) is 3.59. The molecule has 2 nitrogen and oxygen atoms in total. The molecule has 0 amide bonds. The van der Waals surface area contributed by atoms with Gasteiger partial charge in [-0.05, 0) is 64.1 Å². The lowest BCUT2D eigenvalue weighted by molar-refractivity contribution is 0.241. The summed E-state index contributed by atoms with van der Waals surface area (Å²) in [5, 5.41) is 2.18. The van der Waals surface area contributed by atoms with Gasteiger partial charge in [-0.1, -0.05) is 28.1 Å². The minimum atomic E-state index is 0.212. The molecule has 0 bridgehead atoms. The number of thiophene rings is 1. The quantitative estimate of drug-likeness (QED) is 0.762. The van der Waals surface area contributed by atoms with Crippen LogP contribution in [0.4, 0.5) is 0 Å². The van der Waals surface area contributed by atoms with Gasteiger partial charge in [0.15, 0.2) is 0 Å². The zero-order valence-corrected chi connectivity index (χ0v) is 15.6. The highest BCUT2D eigenvalue weighted by Crippen LogP contribution is 2.29. The van der Waals surface area contributed by atoms with Gasteiger partial charge < -0.3 is 5.73 Å². The van der Waals surface area contributed by atoms with Gasteiger partial charge in [0, 0.05) is 23.6 Å². The van der Waals surface area contributed by atoms with E-state index in [1.54, 1.807) is 11.3 Å². The van der Waals surface area contributed by atoms with Crippen LogP contribution in [0, 0.1) is 6.92 Å². The number of nitrogens with zero attached hydrogens (tertiary/aromatic N) is 1. The van der Waals surface area contributed by atoms with Crippen LogP contribution in [-0.2, 0) is 6.54 Å². The molecular formula is C15H18Br2N2S. The third-order valence-corrected chi connectivity index (χ3v) is 5.56. The molecule has 1 heterocycles. The van der Waals surface area contributed by atoms with Crippen LogP contribution < -0.4 is 5.73 Å². The van der Waals surface area contributed by atoms with Crippen LogP contribution in [-0.4, -0.2) is 18.5 Å². The SMILES string of the molecule is Cc1ccc(C(CN)N(C)Cc2csc(Br)c2)c(Br)c1. The first-order valence-corrected chi connectivity index (χ1v) is 8.87. The topological polar surface area (TPSA) is 29.3 Å². The van der Waals surface area contributed by atoms with Gasteiger partial charge in [0.25, 0.3) is 0 Å². The molecule has 2 N–H and O–H groups in total. The fourth-order valence-electron chi connectivity index (χ4n) is 2.27. The highest BCUT2D eigenvalue weighted by Gasteiger charge is 2.18. The first-order chi connectivity index (χ1) is 9.51. The van der Waals surface area contributed by atoms with Gasteiger partial charge in [-0.3, -0.25) is 4.90 Å². The summed E-state index contributed by atoms with van der Waals surface area (Å²) in [6, 6.07) is 8.82. The van der Waals surface area contributed by atoms with Crippen molar-refractivity contribution in [3.8, 4) is 0 Å². The average Bonchev–Trinajstić information content (AvgIpc) is 2.78. The molecule has 0 aliphatic rings. The van der Waals surface area contributed by atoms with Gasteiger partial charge in [-0.2, -0.15) is 0 Å². The van der Waals surface area contributed by atoms with Crippen LogP contribution in [0.5, 0.6) is 0 Å². The molecule has 5 heteroatoms. The van der Waals surface area contributed by atoms with Crippen molar-refractivity contribution >= 4 is 43.2 Å². The number of rotatable bonds is 5. The van der Waals surface area contributed by atoms with Gasteiger partial charge in [-0.15, -0.1) is 11.3 Å². The second-order valence-electron chi connectivity index (χ2n) is 4.95. The lowest BCUT2D eigenvalue weighted by atomic mass is 10.0. The molecule has 0 spiro atoms. The monoisotopic (exact) mass is 416 g/mol. The number of likely N-dealkylation sites (N-methyl/N-ethyl adjacent to an activating group) is 1. The van der Waals surface area contributed by atoms with E-state index in [4.69, 9.17) is 5.73 Å². The van der Waals surface area contributed by atoms with Gasteiger partial charge >= 0.3 is 0 Å². The molecule has 2 rings (SSSR count). The van der Waals surface area contributed by atoms with Gasteiger partial charge in [0.1, 0.15) is 0 Å². The van der Waals surface area contributed by atoms with E-state index >= 15 is 0 Å². The van der Waals surface area contributed by atoms with Crippen molar-refractivity contribution in [3.63, 3.8) is 0 Å². The number of aryl methyl sites for hydroxylation is 1. The molecule has 1 aromatic carbocycles. The zero-order chi connectivity index (χ0) is 14.7. The summed E-state index contributed by atoms with van der Waals surface area (Å²) in [5.74, 6) is 0. The van der Waals surface area contributed by atoms with Crippen molar-refractivity contribution in [3.05, 3.63) is 54.6 Å². The maximum atomic E-state index is 6.00. The minimum absolute atomic E-state index is 0.212. The third-order valence-electron chi connectivity index (χ3n) is 3.32. The van der Waals surface area contributed by atoms with Crippen LogP contribution in [0.3, 0.4) is 0 Å². The smallest absolute Gasteiger partial charge is 0.0701 e. The van der Waals surface area contributed by atoms with E-state index in [2.05, 4.69) is 80.4 Å². The average molecular weight is 418 g/mol. The van der Waals surface area contributed by atoms with Crippen LogP contribution in [0.15, 0.2) is 37.9 Å². The maximum Gasteiger partial charge on any atom is 0.0701 e. The lowest BCUT2D eigenvalue weighted by Crippen LogP contribution is -2.30. The fraction of sp³-hybridized carbons (Fsp3) is 0.333. The highest BCUT2D eigenvalue weighted by atomic mass is 79.9. The Kier molecular flexibility index (Phi) is 5.81. The largest absolute Gasteiger partial charge is 0.329 e. The van der Waals surface area contributed by atoms with Crippen molar-refractivity contribution in [2.24, 2.45) is 5.73 Å². The van der Waals surface area contributed by atoms with E-state index in [1.807, 2.05) is 0 Å².